The molecule has 0 bridgehead atoms. The summed E-state index contributed by atoms with van der Waals surface area (Å²) in [5.74, 6) is 0.299. The van der Waals surface area contributed by atoms with Gasteiger partial charge in [0.2, 0.25) is 5.91 Å². The Morgan fingerprint density at radius 1 is 1.11 bits per heavy atom. The van der Waals surface area contributed by atoms with Crippen molar-refractivity contribution in [3.8, 4) is 11.8 Å². The molecular formula is C21H21N3O3. The average molecular weight is 363 g/mol. The molecule has 1 aliphatic heterocycles. The Balaban J connectivity index is 1.57. The Bertz CT molecular complexity index is 863. The van der Waals surface area contributed by atoms with Gasteiger partial charge in [-0.3, -0.25) is 9.59 Å². The summed E-state index contributed by atoms with van der Waals surface area (Å²) < 4.78 is 5.27. The molecule has 0 aliphatic carbocycles. The van der Waals surface area contributed by atoms with Crippen LogP contribution in [0.4, 0.5) is 5.69 Å². The van der Waals surface area contributed by atoms with E-state index >= 15 is 0 Å². The van der Waals surface area contributed by atoms with Crippen molar-refractivity contribution in [2.45, 2.75) is 12.8 Å². The molecule has 6 nitrogen and oxygen atoms in total. The minimum absolute atomic E-state index is 0.0518. The van der Waals surface area contributed by atoms with Crippen LogP contribution in [0.5, 0.6) is 5.75 Å². The predicted molar refractivity (Wildman–Crippen MR) is 101 cm³/mol. The maximum atomic E-state index is 12.7. The largest absolute Gasteiger partial charge is 0.496 e. The van der Waals surface area contributed by atoms with Crippen molar-refractivity contribution >= 4 is 17.5 Å². The SMILES string of the molecule is COc1ccccc1C(=O)N1CCC(C(=O)Nc2ccc(C#N)cc2)CC1. The van der Waals surface area contributed by atoms with Gasteiger partial charge in [-0.2, -0.15) is 5.26 Å². The number of nitriles is 1. The summed E-state index contributed by atoms with van der Waals surface area (Å²) in [7, 11) is 1.55. The number of benzene rings is 2. The molecule has 1 heterocycles. The Morgan fingerprint density at radius 2 is 1.78 bits per heavy atom. The lowest BCUT2D eigenvalue weighted by Gasteiger charge is -2.31. The van der Waals surface area contributed by atoms with Gasteiger partial charge in [0, 0.05) is 24.7 Å². The van der Waals surface area contributed by atoms with Crippen LogP contribution >= 0.6 is 0 Å². The molecule has 1 fully saturated rings. The molecule has 1 N–H and O–H groups in total. The van der Waals surface area contributed by atoms with Gasteiger partial charge < -0.3 is 15.0 Å². The van der Waals surface area contributed by atoms with Crippen LogP contribution in [-0.2, 0) is 4.79 Å². The van der Waals surface area contributed by atoms with E-state index in [0.717, 1.165) is 0 Å². The number of hydrogen-bond acceptors (Lipinski definition) is 4. The molecule has 0 spiro atoms. The van der Waals surface area contributed by atoms with E-state index in [0.29, 0.717) is 48.5 Å². The van der Waals surface area contributed by atoms with E-state index in [1.165, 1.54) is 0 Å². The minimum atomic E-state index is -0.137. The fraction of sp³-hybridized carbons (Fsp3) is 0.286. The van der Waals surface area contributed by atoms with Gasteiger partial charge in [-0.05, 0) is 49.2 Å². The zero-order valence-corrected chi connectivity index (χ0v) is 15.1. The molecule has 138 valence electrons. The zero-order valence-electron chi connectivity index (χ0n) is 15.1. The van der Waals surface area contributed by atoms with Crippen molar-refractivity contribution in [1.29, 1.82) is 5.26 Å². The predicted octanol–water partition coefficient (Wildman–Crippen LogP) is 3.06. The quantitative estimate of drug-likeness (QED) is 0.905. The second kappa shape index (κ2) is 8.37. The van der Waals surface area contributed by atoms with Crippen LogP contribution in [0.3, 0.4) is 0 Å². The van der Waals surface area contributed by atoms with Gasteiger partial charge in [-0.25, -0.2) is 0 Å². The summed E-state index contributed by atoms with van der Waals surface area (Å²) in [6.07, 6.45) is 1.23. The van der Waals surface area contributed by atoms with E-state index in [1.54, 1.807) is 48.4 Å². The first kappa shape index (κ1) is 18.5. The van der Waals surface area contributed by atoms with Crippen molar-refractivity contribution in [3.63, 3.8) is 0 Å². The molecule has 6 heteroatoms. The van der Waals surface area contributed by atoms with E-state index in [2.05, 4.69) is 5.32 Å². The number of amides is 2. The summed E-state index contributed by atoms with van der Waals surface area (Å²) in [5.41, 5.74) is 1.77. The number of likely N-dealkylation sites (tertiary alicyclic amines) is 1. The first-order valence-corrected chi connectivity index (χ1v) is 8.85. The maximum absolute atomic E-state index is 12.7. The van der Waals surface area contributed by atoms with E-state index in [4.69, 9.17) is 10.00 Å². The molecule has 0 saturated carbocycles. The molecule has 0 atom stereocenters. The van der Waals surface area contributed by atoms with E-state index in [-0.39, 0.29) is 17.7 Å². The Morgan fingerprint density at radius 3 is 2.41 bits per heavy atom. The van der Waals surface area contributed by atoms with Gasteiger partial charge in [-0.15, -0.1) is 0 Å². The molecule has 1 aliphatic rings. The van der Waals surface area contributed by atoms with Crippen molar-refractivity contribution in [2.75, 3.05) is 25.5 Å². The third-order valence-electron chi connectivity index (χ3n) is 4.77. The first-order valence-electron chi connectivity index (χ1n) is 8.85. The summed E-state index contributed by atoms with van der Waals surface area (Å²) in [5, 5.41) is 11.7. The van der Waals surface area contributed by atoms with E-state index in [1.807, 2.05) is 18.2 Å². The van der Waals surface area contributed by atoms with Crippen LogP contribution in [-0.4, -0.2) is 36.9 Å². The Labute approximate surface area is 158 Å². The molecule has 1 saturated heterocycles. The zero-order chi connectivity index (χ0) is 19.2. The van der Waals surface area contributed by atoms with E-state index < -0.39 is 0 Å². The second-order valence-electron chi connectivity index (χ2n) is 6.45. The molecule has 0 aromatic heterocycles. The highest BCUT2D eigenvalue weighted by molar-refractivity contribution is 5.97. The summed E-state index contributed by atoms with van der Waals surface area (Å²) in [6, 6.07) is 16.0. The van der Waals surface area contributed by atoms with Crippen LogP contribution in [0.15, 0.2) is 48.5 Å². The number of carbonyl (C=O) groups is 2. The standard InChI is InChI=1S/C21H21N3O3/c1-27-19-5-3-2-4-18(19)21(26)24-12-10-16(11-13-24)20(25)23-17-8-6-15(14-22)7-9-17/h2-9,16H,10-13H2,1H3,(H,23,25). The molecule has 2 aromatic rings. The fourth-order valence-corrected chi connectivity index (χ4v) is 3.21. The number of carbonyl (C=O) groups excluding carboxylic acids is 2. The number of ether oxygens (including phenoxy) is 1. The molecule has 27 heavy (non-hydrogen) atoms. The number of rotatable bonds is 4. The molecule has 0 radical (unpaired) electrons. The minimum Gasteiger partial charge on any atom is -0.496 e. The third kappa shape index (κ3) is 4.26. The highest BCUT2D eigenvalue weighted by atomic mass is 16.5. The fourth-order valence-electron chi connectivity index (χ4n) is 3.21. The van der Waals surface area contributed by atoms with Gasteiger partial charge in [0.15, 0.2) is 0 Å². The number of piperidine rings is 1. The number of methoxy groups -OCH3 is 1. The number of hydrogen-bond donors (Lipinski definition) is 1. The lowest BCUT2D eigenvalue weighted by atomic mass is 9.95. The second-order valence-corrected chi connectivity index (χ2v) is 6.45. The van der Waals surface area contributed by atoms with Gasteiger partial charge in [0.1, 0.15) is 5.75 Å². The molecule has 2 aromatic carbocycles. The number of nitrogens with zero attached hydrogens (tertiary/aromatic N) is 2. The number of nitrogens with one attached hydrogen (secondary N) is 1. The molecule has 3 rings (SSSR count). The van der Waals surface area contributed by atoms with Crippen molar-refractivity contribution < 1.29 is 14.3 Å². The average Bonchev–Trinajstić information content (AvgIpc) is 2.73. The Hall–Kier alpha value is -3.33. The Kier molecular flexibility index (Phi) is 5.72. The van der Waals surface area contributed by atoms with E-state index in [9.17, 15) is 9.59 Å². The van der Waals surface area contributed by atoms with Crippen molar-refractivity contribution in [3.05, 3.63) is 59.7 Å². The first-order chi connectivity index (χ1) is 13.1. The summed E-state index contributed by atoms with van der Waals surface area (Å²) in [4.78, 5) is 27.0. The van der Waals surface area contributed by atoms with Crippen LogP contribution < -0.4 is 10.1 Å². The van der Waals surface area contributed by atoms with Gasteiger partial charge in [0.25, 0.3) is 5.91 Å². The van der Waals surface area contributed by atoms with Crippen LogP contribution in [0.25, 0.3) is 0 Å². The van der Waals surface area contributed by atoms with Crippen LogP contribution in [0.1, 0.15) is 28.8 Å². The summed E-state index contributed by atoms with van der Waals surface area (Å²) in [6.45, 7) is 1.06. The van der Waals surface area contributed by atoms with Crippen molar-refractivity contribution in [2.24, 2.45) is 5.92 Å². The van der Waals surface area contributed by atoms with Gasteiger partial charge in [-0.1, -0.05) is 12.1 Å². The third-order valence-corrected chi connectivity index (χ3v) is 4.77. The smallest absolute Gasteiger partial charge is 0.257 e. The highest BCUT2D eigenvalue weighted by Gasteiger charge is 2.28. The molecule has 2 amide bonds. The maximum Gasteiger partial charge on any atom is 0.257 e. The topological polar surface area (TPSA) is 82.4 Å². The normalized spacial score (nSPS) is 14.3. The lowest BCUT2D eigenvalue weighted by molar-refractivity contribution is -0.121. The molecule has 0 unspecified atom stereocenters. The monoisotopic (exact) mass is 363 g/mol. The number of para-hydroxylation sites is 1. The van der Waals surface area contributed by atoms with Crippen molar-refractivity contribution in [1.82, 2.24) is 4.90 Å². The lowest BCUT2D eigenvalue weighted by Crippen LogP contribution is -2.41. The molecular weight excluding hydrogens is 342 g/mol. The summed E-state index contributed by atoms with van der Waals surface area (Å²) >= 11 is 0. The highest BCUT2D eigenvalue weighted by Crippen LogP contribution is 2.24. The van der Waals surface area contributed by atoms with Crippen LogP contribution in [0.2, 0.25) is 0 Å². The van der Waals surface area contributed by atoms with Gasteiger partial charge in [0.05, 0.1) is 24.3 Å². The van der Waals surface area contributed by atoms with Gasteiger partial charge >= 0.3 is 0 Å². The van der Waals surface area contributed by atoms with Crippen LogP contribution in [0, 0.1) is 17.2 Å². The number of anilines is 1.